The Balaban J connectivity index is 1.27. The molecule has 1 amide bonds. The first-order valence-electron chi connectivity index (χ1n) is 10.6. The summed E-state index contributed by atoms with van der Waals surface area (Å²) in [6.45, 7) is 4.90. The van der Waals surface area contributed by atoms with Crippen LogP contribution in [0.4, 0.5) is 5.69 Å². The summed E-state index contributed by atoms with van der Waals surface area (Å²) in [7, 11) is -2.85. The molecule has 4 rings (SSSR count). The molecule has 3 saturated heterocycles. The molecular weight excluding hydrogens is 374 g/mol. The van der Waals surface area contributed by atoms with E-state index in [0.29, 0.717) is 5.75 Å². The Morgan fingerprint density at radius 2 is 1.82 bits per heavy atom. The van der Waals surface area contributed by atoms with E-state index in [2.05, 4.69) is 27.2 Å². The number of amides is 1. The zero-order chi connectivity index (χ0) is 19.6. The van der Waals surface area contributed by atoms with Crippen molar-refractivity contribution in [3.8, 4) is 0 Å². The third-order valence-electron chi connectivity index (χ3n) is 6.42. The molecule has 0 bridgehead atoms. The smallest absolute Gasteiger partial charge is 0.227 e. The molecule has 6 nitrogen and oxygen atoms in total. The van der Waals surface area contributed by atoms with E-state index in [-0.39, 0.29) is 23.6 Å². The number of piperidine rings is 1. The number of benzene rings is 1. The van der Waals surface area contributed by atoms with Crippen LogP contribution in [0.3, 0.4) is 0 Å². The van der Waals surface area contributed by atoms with Crippen LogP contribution in [0.5, 0.6) is 0 Å². The number of nitrogens with zero attached hydrogens (tertiary/aromatic N) is 2. The van der Waals surface area contributed by atoms with E-state index < -0.39 is 9.84 Å². The van der Waals surface area contributed by atoms with Gasteiger partial charge in [-0.1, -0.05) is 12.1 Å². The van der Waals surface area contributed by atoms with E-state index in [0.717, 1.165) is 57.7 Å². The van der Waals surface area contributed by atoms with Gasteiger partial charge in [-0.2, -0.15) is 0 Å². The second-order valence-corrected chi connectivity index (χ2v) is 10.8. The summed E-state index contributed by atoms with van der Waals surface area (Å²) in [6.07, 6.45) is 4.90. The van der Waals surface area contributed by atoms with Gasteiger partial charge >= 0.3 is 0 Å². The maximum atomic E-state index is 12.7. The average Bonchev–Trinajstić information content (AvgIpc) is 3.31. The van der Waals surface area contributed by atoms with Crippen molar-refractivity contribution in [1.29, 1.82) is 0 Å². The minimum atomic E-state index is -2.85. The fourth-order valence-corrected chi connectivity index (χ4v) is 6.54. The first-order chi connectivity index (χ1) is 13.5. The Labute approximate surface area is 168 Å². The molecule has 3 heterocycles. The van der Waals surface area contributed by atoms with Crippen LogP contribution in [0.2, 0.25) is 0 Å². The summed E-state index contributed by atoms with van der Waals surface area (Å²) in [6, 6.07) is 8.35. The lowest BCUT2D eigenvalue weighted by atomic mass is 9.94. The highest BCUT2D eigenvalue weighted by molar-refractivity contribution is 7.91. The van der Waals surface area contributed by atoms with Crippen molar-refractivity contribution in [2.75, 3.05) is 43.0 Å². The van der Waals surface area contributed by atoms with Crippen molar-refractivity contribution >= 4 is 21.4 Å². The number of sulfone groups is 1. The van der Waals surface area contributed by atoms with Crippen LogP contribution in [0.25, 0.3) is 0 Å². The topological polar surface area (TPSA) is 69.7 Å². The Morgan fingerprint density at radius 3 is 2.50 bits per heavy atom. The molecule has 7 heteroatoms. The van der Waals surface area contributed by atoms with Crippen molar-refractivity contribution in [3.63, 3.8) is 0 Å². The van der Waals surface area contributed by atoms with Crippen molar-refractivity contribution in [2.45, 2.75) is 44.7 Å². The molecule has 1 N–H and O–H groups in total. The maximum absolute atomic E-state index is 12.7. The van der Waals surface area contributed by atoms with E-state index in [4.69, 9.17) is 0 Å². The molecule has 0 radical (unpaired) electrons. The molecule has 0 saturated carbocycles. The van der Waals surface area contributed by atoms with E-state index in [9.17, 15) is 13.2 Å². The highest BCUT2D eigenvalue weighted by Crippen LogP contribution is 2.25. The predicted octanol–water partition coefficient (Wildman–Crippen LogP) is 2.12. The average molecular weight is 406 g/mol. The normalized spacial score (nSPS) is 26.5. The minimum absolute atomic E-state index is 0.0106. The minimum Gasteiger partial charge on any atom is -0.326 e. The Morgan fingerprint density at radius 1 is 1.07 bits per heavy atom. The summed E-state index contributed by atoms with van der Waals surface area (Å²) in [5, 5.41) is 3.10. The first-order valence-corrected chi connectivity index (χ1v) is 12.4. The zero-order valence-corrected chi connectivity index (χ0v) is 17.3. The van der Waals surface area contributed by atoms with Gasteiger partial charge in [0.05, 0.1) is 11.5 Å². The summed E-state index contributed by atoms with van der Waals surface area (Å²) in [5.74, 6) is 0.702. The zero-order valence-electron chi connectivity index (χ0n) is 16.5. The Bertz CT molecular complexity index is 797. The number of anilines is 1. The molecule has 1 aromatic rings. The number of hydrogen-bond acceptors (Lipinski definition) is 5. The largest absolute Gasteiger partial charge is 0.326 e. The molecule has 3 fully saturated rings. The molecular formula is C21H31N3O3S. The SMILES string of the molecule is O=C(Nc1cccc(CN2CCCC2)c1)C1CCN(C2CCS(=O)(=O)C2)CC1. The van der Waals surface area contributed by atoms with Crippen LogP contribution in [-0.2, 0) is 21.2 Å². The van der Waals surface area contributed by atoms with Crippen LogP contribution in [0, 0.1) is 5.92 Å². The second-order valence-electron chi connectivity index (χ2n) is 8.54. The van der Waals surface area contributed by atoms with Crippen molar-refractivity contribution in [2.24, 2.45) is 5.92 Å². The van der Waals surface area contributed by atoms with E-state index >= 15 is 0 Å². The van der Waals surface area contributed by atoms with E-state index in [1.54, 1.807) is 0 Å². The van der Waals surface area contributed by atoms with Crippen LogP contribution in [0.15, 0.2) is 24.3 Å². The second kappa shape index (κ2) is 8.51. The maximum Gasteiger partial charge on any atom is 0.227 e. The van der Waals surface area contributed by atoms with Gasteiger partial charge in [-0.15, -0.1) is 0 Å². The van der Waals surface area contributed by atoms with Gasteiger partial charge in [0.1, 0.15) is 0 Å². The molecule has 1 aromatic carbocycles. The summed E-state index contributed by atoms with van der Waals surface area (Å²) in [4.78, 5) is 17.4. The molecule has 0 aromatic heterocycles. The van der Waals surface area contributed by atoms with Crippen LogP contribution in [-0.4, -0.2) is 67.9 Å². The molecule has 154 valence electrons. The Hall–Kier alpha value is -1.44. The molecule has 0 aliphatic carbocycles. The van der Waals surface area contributed by atoms with E-state index in [1.807, 2.05) is 12.1 Å². The fourth-order valence-electron chi connectivity index (χ4n) is 4.78. The molecule has 3 aliphatic rings. The monoisotopic (exact) mass is 405 g/mol. The highest BCUT2D eigenvalue weighted by Gasteiger charge is 2.35. The molecule has 1 atom stereocenters. The molecule has 3 aliphatic heterocycles. The van der Waals surface area contributed by atoms with E-state index in [1.165, 1.54) is 18.4 Å². The third kappa shape index (κ3) is 4.93. The molecule has 0 spiro atoms. The van der Waals surface area contributed by atoms with Gasteiger partial charge in [0.25, 0.3) is 0 Å². The lowest BCUT2D eigenvalue weighted by molar-refractivity contribution is -0.121. The lowest BCUT2D eigenvalue weighted by Crippen LogP contribution is -2.44. The number of likely N-dealkylation sites (tertiary alicyclic amines) is 2. The van der Waals surface area contributed by atoms with Gasteiger partial charge in [-0.25, -0.2) is 8.42 Å². The lowest BCUT2D eigenvalue weighted by Gasteiger charge is -2.34. The van der Waals surface area contributed by atoms with Gasteiger partial charge in [-0.05, 0) is 76.0 Å². The van der Waals surface area contributed by atoms with Gasteiger partial charge in [0.2, 0.25) is 5.91 Å². The summed E-state index contributed by atoms with van der Waals surface area (Å²) in [5.41, 5.74) is 2.13. The quantitative estimate of drug-likeness (QED) is 0.813. The standard InChI is InChI=1S/C21H31N3O3S/c25-21(18-6-11-24(12-7-18)20-8-13-28(26,27)16-20)22-19-5-3-4-17(14-19)15-23-9-1-2-10-23/h3-5,14,18,20H,1-2,6-13,15-16H2,(H,22,25). The van der Waals surface area contributed by atoms with Gasteiger partial charge < -0.3 is 5.32 Å². The predicted molar refractivity (Wildman–Crippen MR) is 111 cm³/mol. The summed E-state index contributed by atoms with van der Waals surface area (Å²) < 4.78 is 23.4. The third-order valence-corrected chi connectivity index (χ3v) is 8.17. The van der Waals surface area contributed by atoms with Crippen LogP contribution >= 0.6 is 0 Å². The van der Waals surface area contributed by atoms with Crippen molar-refractivity contribution < 1.29 is 13.2 Å². The fraction of sp³-hybridized carbons (Fsp3) is 0.667. The van der Waals surface area contributed by atoms with Crippen molar-refractivity contribution in [3.05, 3.63) is 29.8 Å². The van der Waals surface area contributed by atoms with Gasteiger partial charge in [0.15, 0.2) is 9.84 Å². The van der Waals surface area contributed by atoms with Crippen LogP contribution < -0.4 is 5.32 Å². The molecule has 1 unspecified atom stereocenters. The van der Waals surface area contributed by atoms with Crippen LogP contribution in [0.1, 0.15) is 37.7 Å². The Kier molecular flexibility index (Phi) is 6.04. The summed E-state index contributed by atoms with van der Waals surface area (Å²) >= 11 is 0. The number of carbonyl (C=O) groups is 1. The van der Waals surface area contributed by atoms with Gasteiger partial charge in [-0.3, -0.25) is 14.6 Å². The number of hydrogen-bond donors (Lipinski definition) is 1. The number of nitrogens with one attached hydrogen (secondary N) is 1. The number of carbonyl (C=O) groups excluding carboxylic acids is 1. The highest BCUT2D eigenvalue weighted by atomic mass is 32.2. The molecule has 28 heavy (non-hydrogen) atoms. The number of rotatable bonds is 5. The van der Waals surface area contributed by atoms with Gasteiger partial charge in [0, 0.05) is 24.2 Å². The van der Waals surface area contributed by atoms with Crippen molar-refractivity contribution in [1.82, 2.24) is 9.80 Å². The first kappa shape index (κ1) is 19.9.